The zero-order valence-electron chi connectivity index (χ0n) is 14.2. The first-order valence-corrected chi connectivity index (χ1v) is 10.4. The summed E-state index contributed by atoms with van der Waals surface area (Å²) in [5, 5.41) is 0.225. The predicted molar refractivity (Wildman–Crippen MR) is 87.8 cm³/mol. The third kappa shape index (κ3) is 3.53. The molecule has 0 aromatic rings. The fourth-order valence-electron chi connectivity index (χ4n) is 2.75. The molecule has 0 aromatic carbocycles. The van der Waals surface area contributed by atoms with Crippen molar-refractivity contribution in [1.82, 2.24) is 0 Å². The van der Waals surface area contributed by atoms with Crippen LogP contribution in [0, 0.1) is 5.41 Å². The highest BCUT2D eigenvalue weighted by atomic mass is 28.4. The third-order valence-corrected chi connectivity index (χ3v) is 9.29. The monoisotopic (exact) mass is 280 g/mol. The minimum atomic E-state index is -1.78. The first-order valence-electron chi connectivity index (χ1n) is 7.47. The molecule has 0 aliphatic heterocycles. The van der Waals surface area contributed by atoms with E-state index in [9.17, 15) is 0 Å². The van der Waals surface area contributed by atoms with Crippen LogP contribution in [0.25, 0.3) is 0 Å². The summed E-state index contributed by atoms with van der Waals surface area (Å²) in [4.78, 5) is 0. The Morgan fingerprint density at radius 1 is 1.26 bits per heavy atom. The summed E-state index contributed by atoms with van der Waals surface area (Å²) in [5.41, 5.74) is 3.06. The lowest BCUT2D eigenvalue weighted by Gasteiger charge is -2.41. The Morgan fingerprint density at radius 2 is 1.79 bits per heavy atom. The topological polar surface area (TPSA) is 9.23 Å². The highest BCUT2D eigenvalue weighted by Crippen LogP contribution is 2.46. The van der Waals surface area contributed by atoms with E-state index >= 15 is 0 Å². The van der Waals surface area contributed by atoms with Crippen LogP contribution >= 0.6 is 0 Å². The molecule has 0 aromatic heterocycles. The van der Waals surface area contributed by atoms with Crippen LogP contribution in [0.3, 0.4) is 0 Å². The standard InChI is InChI=1S/C17H32OSi/c1-13-11-10-12-17(6,7)15(13)14(2)18-19(8,9)16(3,4)5/h2,10-12H2,1,3-9H3. The van der Waals surface area contributed by atoms with Gasteiger partial charge in [0.25, 0.3) is 0 Å². The van der Waals surface area contributed by atoms with E-state index in [0.717, 1.165) is 5.76 Å². The Bertz CT molecular complexity index is 394. The van der Waals surface area contributed by atoms with Crippen molar-refractivity contribution in [2.24, 2.45) is 5.41 Å². The fourth-order valence-corrected chi connectivity index (χ4v) is 3.77. The van der Waals surface area contributed by atoms with E-state index < -0.39 is 8.32 Å². The molecule has 1 nitrogen and oxygen atoms in total. The van der Waals surface area contributed by atoms with Crippen molar-refractivity contribution < 1.29 is 4.43 Å². The van der Waals surface area contributed by atoms with E-state index in [1.165, 1.54) is 30.4 Å². The van der Waals surface area contributed by atoms with Gasteiger partial charge in [-0.2, -0.15) is 0 Å². The van der Waals surface area contributed by atoms with Crippen molar-refractivity contribution in [3.8, 4) is 0 Å². The second kappa shape index (κ2) is 5.12. The quantitative estimate of drug-likeness (QED) is 0.452. The van der Waals surface area contributed by atoms with E-state index in [1.807, 2.05) is 0 Å². The van der Waals surface area contributed by atoms with Gasteiger partial charge in [0.05, 0.1) is 5.76 Å². The van der Waals surface area contributed by atoms with Crippen molar-refractivity contribution in [1.29, 1.82) is 0 Å². The number of rotatable bonds is 3. The van der Waals surface area contributed by atoms with E-state index in [2.05, 4.69) is 61.2 Å². The molecule has 1 aliphatic carbocycles. The molecule has 1 aliphatic rings. The Morgan fingerprint density at radius 3 is 2.21 bits per heavy atom. The lowest BCUT2D eigenvalue weighted by Crippen LogP contribution is -2.41. The average Bonchev–Trinajstić information content (AvgIpc) is 2.12. The Kier molecular flexibility index (Phi) is 4.46. The third-order valence-electron chi connectivity index (χ3n) is 4.92. The van der Waals surface area contributed by atoms with Crippen molar-refractivity contribution in [3.05, 3.63) is 23.5 Å². The zero-order valence-corrected chi connectivity index (χ0v) is 15.2. The lowest BCUT2D eigenvalue weighted by molar-refractivity contribution is 0.318. The molecule has 1 rings (SSSR count). The summed E-state index contributed by atoms with van der Waals surface area (Å²) in [5.74, 6) is 0.939. The largest absolute Gasteiger partial charge is 0.544 e. The molecular formula is C17H32OSi. The summed E-state index contributed by atoms with van der Waals surface area (Å²) in [6.45, 7) is 22.6. The van der Waals surface area contributed by atoms with Gasteiger partial charge >= 0.3 is 0 Å². The first kappa shape index (κ1) is 16.6. The molecule has 0 saturated carbocycles. The second-order valence-corrected chi connectivity index (χ2v) is 12.9. The van der Waals surface area contributed by atoms with Crippen molar-refractivity contribution in [2.45, 2.75) is 78.9 Å². The minimum absolute atomic E-state index is 0.210. The lowest BCUT2D eigenvalue weighted by atomic mass is 9.72. The molecule has 0 spiro atoms. The van der Waals surface area contributed by atoms with Crippen LogP contribution in [0.2, 0.25) is 18.1 Å². The van der Waals surface area contributed by atoms with Gasteiger partial charge < -0.3 is 4.43 Å². The summed E-state index contributed by atoms with van der Waals surface area (Å²) in [6, 6.07) is 0. The smallest absolute Gasteiger partial charge is 0.250 e. The van der Waals surface area contributed by atoms with Crippen molar-refractivity contribution in [3.63, 3.8) is 0 Å². The number of hydrogen-bond acceptors (Lipinski definition) is 1. The van der Waals surface area contributed by atoms with Gasteiger partial charge in [-0.1, -0.05) is 46.8 Å². The average molecular weight is 281 g/mol. The molecule has 0 N–H and O–H groups in total. The van der Waals surface area contributed by atoms with Gasteiger partial charge in [-0.05, 0) is 55.3 Å². The minimum Gasteiger partial charge on any atom is -0.544 e. The Labute approximate surface area is 121 Å². The Balaban J connectivity index is 3.01. The highest BCUT2D eigenvalue weighted by Gasteiger charge is 2.41. The second-order valence-electron chi connectivity index (χ2n) is 8.18. The summed E-state index contributed by atoms with van der Waals surface area (Å²) in [6.07, 6.45) is 3.72. The molecule has 0 bridgehead atoms. The van der Waals surface area contributed by atoms with Gasteiger partial charge in [-0.15, -0.1) is 0 Å². The maximum absolute atomic E-state index is 6.43. The van der Waals surface area contributed by atoms with Crippen LogP contribution in [0.1, 0.15) is 60.8 Å². The van der Waals surface area contributed by atoms with Gasteiger partial charge in [0.2, 0.25) is 8.32 Å². The first-order chi connectivity index (χ1) is 8.38. The summed E-state index contributed by atoms with van der Waals surface area (Å²) < 4.78 is 6.43. The molecular weight excluding hydrogens is 248 g/mol. The molecule has 0 fully saturated rings. The Hall–Kier alpha value is -0.503. The fraction of sp³-hybridized carbons (Fsp3) is 0.765. The maximum Gasteiger partial charge on any atom is 0.250 e. The molecule has 110 valence electrons. The molecule has 0 unspecified atom stereocenters. The van der Waals surface area contributed by atoms with Crippen molar-refractivity contribution in [2.75, 3.05) is 0 Å². The van der Waals surface area contributed by atoms with Gasteiger partial charge in [0, 0.05) is 0 Å². The van der Waals surface area contributed by atoms with Crippen LogP contribution in [0.15, 0.2) is 23.5 Å². The van der Waals surface area contributed by atoms with Crippen molar-refractivity contribution >= 4 is 8.32 Å². The molecule has 0 radical (unpaired) electrons. The molecule has 0 saturated heterocycles. The number of hydrogen-bond donors (Lipinski definition) is 0. The normalized spacial score (nSPS) is 20.4. The number of allylic oxidation sites excluding steroid dienone is 2. The van der Waals surface area contributed by atoms with E-state index in [4.69, 9.17) is 4.43 Å². The molecule has 2 heteroatoms. The van der Waals surface area contributed by atoms with Crippen LogP contribution in [0.4, 0.5) is 0 Å². The van der Waals surface area contributed by atoms with Gasteiger partial charge in [-0.3, -0.25) is 0 Å². The van der Waals surface area contributed by atoms with Crippen LogP contribution < -0.4 is 0 Å². The van der Waals surface area contributed by atoms with Crippen LogP contribution in [-0.2, 0) is 4.43 Å². The molecule has 0 amide bonds. The zero-order chi connectivity index (χ0) is 15.1. The summed E-state index contributed by atoms with van der Waals surface area (Å²) >= 11 is 0. The van der Waals surface area contributed by atoms with Gasteiger partial charge in [0.15, 0.2) is 0 Å². The highest BCUT2D eigenvalue weighted by molar-refractivity contribution is 6.74. The molecule has 0 heterocycles. The van der Waals surface area contributed by atoms with E-state index in [1.54, 1.807) is 0 Å². The van der Waals surface area contributed by atoms with E-state index in [0.29, 0.717) is 0 Å². The molecule has 19 heavy (non-hydrogen) atoms. The van der Waals surface area contributed by atoms with E-state index in [-0.39, 0.29) is 10.5 Å². The van der Waals surface area contributed by atoms with Gasteiger partial charge in [-0.25, -0.2) is 0 Å². The molecule has 0 atom stereocenters. The summed E-state index contributed by atoms with van der Waals surface area (Å²) in [7, 11) is -1.78. The van der Waals surface area contributed by atoms with Crippen LogP contribution in [-0.4, -0.2) is 8.32 Å². The predicted octanol–water partition coefficient (Wildman–Crippen LogP) is 6.05. The van der Waals surface area contributed by atoms with Crippen LogP contribution in [0.5, 0.6) is 0 Å². The SMILES string of the molecule is C=C(O[Si](C)(C)C(C)(C)C)C1=C(C)CCCC1(C)C. The van der Waals surface area contributed by atoms with Gasteiger partial charge in [0.1, 0.15) is 0 Å². The maximum atomic E-state index is 6.43.